The van der Waals surface area contributed by atoms with E-state index in [1.165, 1.54) is 10.9 Å². The van der Waals surface area contributed by atoms with Crippen molar-refractivity contribution in [2.24, 2.45) is 0 Å². The summed E-state index contributed by atoms with van der Waals surface area (Å²) in [6.45, 7) is 0.318. The van der Waals surface area contributed by atoms with Gasteiger partial charge in [-0.05, 0) is 41.0 Å². The molecular formula is C27H21N5O6. The highest BCUT2D eigenvalue weighted by molar-refractivity contribution is 5.86. The predicted octanol–water partition coefficient (Wildman–Crippen LogP) is 2.31. The Morgan fingerprint density at radius 3 is 2.58 bits per heavy atom. The van der Waals surface area contributed by atoms with Crippen LogP contribution in [-0.4, -0.2) is 42.9 Å². The van der Waals surface area contributed by atoms with Crippen LogP contribution in [0.15, 0.2) is 77.9 Å². The van der Waals surface area contributed by atoms with E-state index in [4.69, 9.17) is 14.6 Å². The second kappa shape index (κ2) is 9.36. The number of fused-ring (bicyclic) bond motifs is 4. The highest BCUT2D eigenvalue weighted by atomic mass is 16.7. The van der Waals surface area contributed by atoms with Crippen molar-refractivity contribution in [3.05, 3.63) is 100 Å². The molecule has 1 unspecified atom stereocenters. The van der Waals surface area contributed by atoms with Gasteiger partial charge in [0.25, 0.3) is 5.56 Å². The number of nitrogens with one attached hydrogen (secondary N) is 1. The lowest BCUT2D eigenvalue weighted by Crippen LogP contribution is -2.38. The zero-order valence-corrected chi connectivity index (χ0v) is 19.9. The summed E-state index contributed by atoms with van der Waals surface area (Å²) in [4.78, 5) is 38.7. The second-order valence-corrected chi connectivity index (χ2v) is 8.81. The van der Waals surface area contributed by atoms with Gasteiger partial charge in [-0.2, -0.15) is 0 Å². The Balaban J connectivity index is 1.43. The number of ether oxygens (including phenoxy) is 2. The Morgan fingerprint density at radius 1 is 1.00 bits per heavy atom. The lowest BCUT2D eigenvalue weighted by Gasteiger charge is -2.21. The Hall–Kier alpha value is -5.19. The molecule has 1 aliphatic heterocycles. The van der Waals surface area contributed by atoms with Gasteiger partial charge in [0.2, 0.25) is 18.5 Å². The Morgan fingerprint density at radius 2 is 1.76 bits per heavy atom. The Labute approximate surface area is 214 Å². The van der Waals surface area contributed by atoms with Gasteiger partial charge in [-0.3, -0.25) is 23.4 Å². The molecule has 5 aromatic rings. The maximum Gasteiger partial charge on any atom is 0.307 e. The second-order valence-electron chi connectivity index (χ2n) is 8.81. The van der Waals surface area contributed by atoms with Gasteiger partial charge in [0.15, 0.2) is 11.5 Å². The van der Waals surface area contributed by atoms with Crippen LogP contribution in [0.4, 0.5) is 0 Å². The molecule has 1 aliphatic rings. The Kier molecular flexibility index (Phi) is 5.72. The van der Waals surface area contributed by atoms with E-state index in [1.807, 2.05) is 12.1 Å². The van der Waals surface area contributed by atoms with E-state index in [0.717, 1.165) is 5.56 Å². The maximum atomic E-state index is 13.8. The van der Waals surface area contributed by atoms with Gasteiger partial charge in [-0.1, -0.05) is 42.5 Å². The molecule has 0 bridgehead atoms. The molecule has 3 aromatic carbocycles. The number of rotatable bonds is 7. The van der Waals surface area contributed by atoms with E-state index in [9.17, 15) is 14.4 Å². The van der Waals surface area contributed by atoms with Crippen LogP contribution in [-0.2, 0) is 22.6 Å². The zero-order valence-electron chi connectivity index (χ0n) is 19.9. The summed E-state index contributed by atoms with van der Waals surface area (Å²) >= 11 is 0. The normalized spacial score (nSPS) is 13.1. The highest BCUT2D eigenvalue weighted by Gasteiger charge is 2.28. The fourth-order valence-electron chi connectivity index (χ4n) is 4.63. The molecule has 11 heteroatoms. The average molecular weight is 511 g/mol. The molecule has 190 valence electrons. The molecule has 0 fully saturated rings. The zero-order chi connectivity index (χ0) is 26.2. The first-order chi connectivity index (χ1) is 18.5. The first kappa shape index (κ1) is 23.2. The monoisotopic (exact) mass is 511 g/mol. The van der Waals surface area contributed by atoms with Crippen molar-refractivity contribution in [2.45, 2.75) is 19.0 Å². The molecule has 0 radical (unpaired) electrons. The number of nitrogens with zero attached hydrogens (tertiary/aromatic N) is 4. The first-order valence-electron chi connectivity index (χ1n) is 11.8. The molecule has 0 spiro atoms. The van der Waals surface area contributed by atoms with Crippen LogP contribution < -0.4 is 20.3 Å². The van der Waals surface area contributed by atoms with Crippen LogP contribution in [0.5, 0.6) is 11.5 Å². The number of carboxylic acid groups (broad SMARTS) is 1. The topological polar surface area (TPSA) is 137 Å². The van der Waals surface area contributed by atoms with Crippen molar-refractivity contribution < 1.29 is 24.2 Å². The lowest BCUT2D eigenvalue weighted by molar-refractivity contribution is -0.136. The molecule has 6 rings (SSSR count). The SMILES string of the molecule is O=C(O)Cc1ccc(C(C(=O)NCc2ccc3c(c2)OCO3)n2c(=O)c3ccccc3n3cnnc23)cc1. The summed E-state index contributed by atoms with van der Waals surface area (Å²) in [7, 11) is 0. The quantitative estimate of drug-likeness (QED) is 0.340. The van der Waals surface area contributed by atoms with Crippen LogP contribution in [0, 0.1) is 0 Å². The summed E-state index contributed by atoms with van der Waals surface area (Å²) < 4.78 is 13.8. The maximum absolute atomic E-state index is 13.8. The van der Waals surface area contributed by atoms with Crippen molar-refractivity contribution in [1.29, 1.82) is 0 Å². The van der Waals surface area contributed by atoms with Gasteiger partial charge in [-0.15, -0.1) is 10.2 Å². The molecule has 0 saturated heterocycles. The van der Waals surface area contributed by atoms with E-state index in [1.54, 1.807) is 59.0 Å². The minimum atomic E-state index is -1.10. The number of hydrogen-bond donors (Lipinski definition) is 2. The molecule has 38 heavy (non-hydrogen) atoms. The molecule has 11 nitrogen and oxygen atoms in total. The van der Waals surface area contributed by atoms with Crippen LogP contribution in [0.2, 0.25) is 0 Å². The molecule has 2 aromatic heterocycles. The van der Waals surface area contributed by atoms with E-state index >= 15 is 0 Å². The molecular weight excluding hydrogens is 490 g/mol. The molecule has 1 amide bonds. The lowest BCUT2D eigenvalue weighted by atomic mass is 10.0. The standard InChI is InChI=1S/C27H21N5O6/c33-23(34)12-16-5-8-18(9-6-16)24(25(35)28-13-17-7-10-21-22(11-17)38-15-37-21)32-26(36)19-3-1-2-4-20(19)31-14-29-30-27(31)32/h1-11,14,24H,12-13,15H2,(H,28,35)(H,33,34). The largest absolute Gasteiger partial charge is 0.481 e. The number of aromatic nitrogens is 4. The fraction of sp³-hybridized carbons (Fsp3) is 0.148. The molecule has 0 aliphatic carbocycles. The van der Waals surface area contributed by atoms with E-state index in [0.29, 0.717) is 33.5 Å². The van der Waals surface area contributed by atoms with E-state index in [-0.39, 0.29) is 25.5 Å². The third kappa shape index (κ3) is 4.09. The third-order valence-corrected chi connectivity index (χ3v) is 6.42. The number of hydrogen-bond acceptors (Lipinski definition) is 7. The van der Waals surface area contributed by atoms with E-state index < -0.39 is 23.5 Å². The molecule has 1 atom stereocenters. The van der Waals surface area contributed by atoms with Crippen LogP contribution in [0.3, 0.4) is 0 Å². The van der Waals surface area contributed by atoms with Crippen LogP contribution in [0.1, 0.15) is 22.7 Å². The highest BCUT2D eigenvalue weighted by Crippen LogP contribution is 2.32. The first-order valence-corrected chi connectivity index (χ1v) is 11.8. The van der Waals surface area contributed by atoms with Gasteiger partial charge in [0, 0.05) is 6.54 Å². The smallest absolute Gasteiger partial charge is 0.307 e. The van der Waals surface area contributed by atoms with Gasteiger partial charge in [0.05, 0.1) is 17.3 Å². The molecule has 3 heterocycles. The minimum Gasteiger partial charge on any atom is -0.481 e. The number of amides is 1. The summed E-state index contributed by atoms with van der Waals surface area (Å²) in [5.74, 6) is 0.0173. The number of carboxylic acids is 1. The van der Waals surface area contributed by atoms with Crippen LogP contribution >= 0.6 is 0 Å². The van der Waals surface area contributed by atoms with Crippen molar-refractivity contribution in [2.75, 3.05) is 6.79 Å². The van der Waals surface area contributed by atoms with E-state index in [2.05, 4.69) is 15.5 Å². The Bertz CT molecular complexity index is 1760. The summed E-state index contributed by atoms with van der Waals surface area (Å²) in [6, 6.07) is 17.9. The van der Waals surface area contributed by atoms with Crippen LogP contribution in [0.25, 0.3) is 16.7 Å². The molecule has 2 N–H and O–H groups in total. The summed E-state index contributed by atoms with van der Waals surface area (Å²) in [6.07, 6.45) is 1.33. The summed E-state index contributed by atoms with van der Waals surface area (Å²) in [5, 5.41) is 20.6. The van der Waals surface area contributed by atoms with Crippen molar-refractivity contribution in [1.82, 2.24) is 24.5 Å². The van der Waals surface area contributed by atoms with Gasteiger partial charge in [-0.25, -0.2) is 0 Å². The number of carbonyl (C=O) groups excluding carboxylic acids is 1. The number of benzene rings is 3. The fourth-order valence-corrected chi connectivity index (χ4v) is 4.63. The molecule has 0 saturated carbocycles. The van der Waals surface area contributed by atoms with Crippen molar-refractivity contribution in [3.8, 4) is 11.5 Å². The summed E-state index contributed by atoms with van der Waals surface area (Å²) in [5.41, 5.74) is 2.06. The van der Waals surface area contributed by atoms with Crippen molar-refractivity contribution >= 4 is 28.6 Å². The van der Waals surface area contributed by atoms with Gasteiger partial charge in [0.1, 0.15) is 12.4 Å². The van der Waals surface area contributed by atoms with Gasteiger partial charge >= 0.3 is 5.97 Å². The number of carbonyl (C=O) groups is 2. The van der Waals surface area contributed by atoms with Gasteiger partial charge < -0.3 is 19.9 Å². The van der Waals surface area contributed by atoms with Crippen molar-refractivity contribution in [3.63, 3.8) is 0 Å². The third-order valence-electron chi connectivity index (χ3n) is 6.42. The predicted molar refractivity (Wildman–Crippen MR) is 135 cm³/mol. The number of para-hydroxylation sites is 1. The average Bonchev–Trinajstić information content (AvgIpc) is 3.60. The number of aliphatic carboxylic acids is 1. The minimum absolute atomic E-state index is 0.143.